The quantitative estimate of drug-likeness (QED) is 0.740. The summed E-state index contributed by atoms with van der Waals surface area (Å²) in [5, 5.41) is 3.06. The van der Waals surface area contributed by atoms with Crippen LogP contribution in [0.15, 0.2) is 48.5 Å². The predicted octanol–water partition coefficient (Wildman–Crippen LogP) is 3.30. The smallest absolute Gasteiger partial charge is 0.387 e. The summed E-state index contributed by atoms with van der Waals surface area (Å²) in [4.78, 5) is 12.0. The fourth-order valence-electron chi connectivity index (χ4n) is 2.34. The summed E-state index contributed by atoms with van der Waals surface area (Å²) in [5.74, 6) is -0.300. The maximum absolute atomic E-state index is 12.5. The molecule has 5 nitrogen and oxygen atoms in total. The predicted molar refractivity (Wildman–Crippen MR) is 87.7 cm³/mol. The van der Waals surface area contributed by atoms with Crippen LogP contribution in [0, 0.1) is 0 Å². The zero-order valence-electron chi connectivity index (χ0n) is 13.9. The van der Waals surface area contributed by atoms with Crippen molar-refractivity contribution in [3.8, 4) is 11.5 Å². The SMILES string of the molecule is COC(=O)C(NCc1ccc(OC)c(OC(F)F)c1)c1ccccc1. The second kappa shape index (κ2) is 8.98. The van der Waals surface area contributed by atoms with Crippen LogP contribution in [0.1, 0.15) is 17.2 Å². The molecule has 0 amide bonds. The van der Waals surface area contributed by atoms with E-state index in [9.17, 15) is 13.6 Å². The number of esters is 1. The zero-order chi connectivity index (χ0) is 18.2. The number of nitrogens with one attached hydrogen (secondary N) is 1. The molecule has 0 aliphatic carbocycles. The van der Waals surface area contributed by atoms with Crippen molar-refractivity contribution in [2.45, 2.75) is 19.2 Å². The Morgan fingerprint density at radius 3 is 2.40 bits per heavy atom. The Morgan fingerprint density at radius 1 is 1.08 bits per heavy atom. The lowest BCUT2D eigenvalue weighted by Gasteiger charge is -2.17. The molecule has 0 heterocycles. The summed E-state index contributed by atoms with van der Waals surface area (Å²) in [5.41, 5.74) is 1.40. The van der Waals surface area contributed by atoms with Gasteiger partial charge in [0.1, 0.15) is 6.04 Å². The minimum atomic E-state index is -2.95. The fraction of sp³-hybridized carbons (Fsp3) is 0.278. The normalized spacial score (nSPS) is 11.9. The van der Waals surface area contributed by atoms with Gasteiger partial charge in [0.2, 0.25) is 0 Å². The van der Waals surface area contributed by atoms with Crippen molar-refractivity contribution in [2.75, 3.05) is 14.2 Å². The van der Waals surface area contributed by atoms with Crippen LogP contribution in [-0.4, -0.2) is 26.8 Å². The lowest BCUT2D eigenvalue weighted by atomic mass is 10.1. The number of hydrogen-bond acceptors (Lipinski definition) is 5. The molecule has 1 N–H and O–H groups in total. The monoisotopic (exact) mass is 351 g/mol. The summed E-state index contributed by atoms with van der Waals surface area (Å²) < 4.78 is 39.3. The average molecular weight is 351 g/mol. The molecule has 0 fully saturated rings. The maximum atomic E-state index is 12.5. The highest BCUT2D eigenvalue weighted by atomic mass is 19.3. The Bertz CT molecular complexity index is 695. The summed E-state index contributed by atoms with van der Waals surface area (Å²) >= 11 is 0. The number of alkyl halides is 2. The van der Waals surface area contributed by atoms with E-state index in [1.165, 1.54) is 26.4 Å². The molecular weight excluding hydrogens is 332 g/mol. The van der Waals surface area contributed by atoms with Gasteiger partial charge in [0.25, 0.3) is 0 Å². The van der Waals surface area contributed by atoms with Gasteiger partial charge in [-0.25, -0.2) is 4.79 Å². The minimum absolute atomic E-state index is 0.0638. The van der Waals surface area contributed by atoms with E-state index in [0.29, 0.717) is 5.56 Å². The molecule has 134 valence electrons. The molecule has 7 heteroatoms. The Labute approximate surface area is 144 Å². The number of halogens is 2. The summed E-state index contributed by atoms with van der Waals surface area (Å²) in [6, 6.07) is 13.1. The number of hydrogen-bond donors (Lipinski definition) is 1. The highest BCUT2D eigenvalue weighted by Gasteiger charge is 2.21. The highest BCUT2D eigenvalue weighted by Crippen LogP contribution is 2.29. The van der Waals surface area contributed by atoms with E-state index in [4.69, 9.17) is 9.47 Å². The molecule has 0 radical (unpaired) electrons. The van der Waals surface area contributed by atoms with Crippen molar-refractivity contribution in [1.82, 2.24) is 5.32 Å². The topological polar surface area (TPSA) is 56.8 Å². The van der Waals surface area contributed by atoms with E-state index < -0.39 is 18.6 Å². The number of carbonyl (C=O) groups is 1. The number of methoxy groups -OCH3 is 2. The number of ether oxygens (including phenoxy) is 3. The van der Waals surface area contributed by atoms with Crippen molar-refractivity contribution in [3.63, 3.8) is 0 Å². The first-order chi connectivity index (χ1) is 12.0. The summed E-state index contributed by atoms with van der Waals surface area (Å²) in [7, 11) is 2.68. The molecule has 0 aliphatic heterocycles. The van der Waals surface area contributed by atoms with Crippen molar-refractivity contribution in [3.05, 3.63) is 59.7 Å². The van der Waals surface area contributed by atoms with Crippen LogP contribution >= 0.6 is 0 Å². The van der Waals surface area contributed by atoms with Crippen LogP contribution in [0.4, 0.5) is 8.78 Å². The molecule has 0 bridgehead atoms. The molecule has 2 rings (SSSR count). The Kier molecular flexibility index (Phi) is 6.71. The standard InChI is InChI=1S/C18H19F2NO4/c1-23-14-9-8-12(10-15(14)25-18(19)20)11-21-16(17(22)24-2)13-6-4-3-5-7-13/h3-10,16,18,21H,11H2,1-2H3. The van der Waals surface area contributed by atoms with E-state index in [-0.39, 0.29) is 18.0 Å². The molecule has 1 atom stereocenters. The van der Waals surface area contributed by atoms with Gasteiger partial charge in [0.15, 0.2) is 11.5 Å². The summed E-state index contributed by atoms with van der Waals surface area (Å²) in [6.07, 6.45) is 0. The van der Waals surface area contributed by atoms with E-state index in [0.717, 1.165) is 5.56 Å². The first-order valence-electron chi connectivity index (χ1n) is 7.53. The van der Waals surface area contributed by atoms with Gasteiger partial charge in [-0.2, -0.15) is 8.78 Å². The molecule has 0 saturated carbocycles. The van der Waals surface area contributed by atoms with Crippen LogP contribution < -0.4 is 14.8 Å². The van der Waals surface area contributed by atoms with Crippen molar-refractivity contribution in [1.29, 1.82) is 0 Å². The lowest BCUT2D eigenvalue weighted by Crippen LogP contribution is -2.29. The van der Waals surface area contributed by atoms with E-state index in [1.54, 1.807) is 18.2 Å². The second-order valence-electron chi connectivity index (χ2n) is 5.11. The molecule has 2 aromatic carbocycles. The summed E-state index contributed by atoms with van der Waals surface area (Å²) in [6.45, 7) is -2.71. The molecule has 0 saturated heterocycles. The van der Waals surface area contributed by atoms with Gasteiger partial charge in [-0.15, -0.1) is 0 Å². The van der Waals surface area contributed by atoms with E-state index in [2.05, 4.69) is 10.1 Å². The molecule has 1 unspecified atom stereocenters. The van der Waals surface area contributed by atoms with Gasteiger partial charge < -0.3 is 14.2 Å². The molecule has 0 aliphatic rings. The number of benzene rings is 2. The Balaban J connectivity index is 2.16. The fourth-order valence-corrected chi connectivity index (χ4v) is 2.34. The number of carbonyl (C=O) groups excluding carboxylic acids is 1. The first-order valence-corrected chi connectivity index (χ1v) is 7.53. The van der Waals surface area contributed by atoms with E-state index in [1.807, 2.05) is 18.2 Å². The van der Waals surface area contributed by atoms with Gasteiger partial charge in [0.05, 0.1) is 14.2 Å². The van der Waals surface area contributed by atoms with Crippen LogP contribution in [0.5, 0.6) is 11.5 Å². The van der Waals surface area contributed by atoms with Gasteiger partial charge >= 0.3 is 12.6 Å². The molecule has 0 aromatic heterocycles. The van der Waals surface area contributed by atoms with E-state index >= 15 is 0 Å². The van der Waals surface area contributed by atoms with Crippen molar-refractivity contribution in [2.24, 2.45) is 0 Å². The average Bonchev–Trinajstić information content (AvgIpc) is 2.62. The third kappa shape index (κ3) is 5.15. The molecule has 0 spiro atoms. The largest absolute Gasteiger partial charge is 0.493 e. The zero-order valence-corrected chi connectivity index (χ0v) is 13.9. The van der Waals surface area contributed by atoms with Gasteiger partial charge in [-0.05, 0) is 23.3 Å². The van der Waals surface area contributed by atoms with Gasteiger partial charge in [0, 0.05) is 6.54 Å². The third-order valence-corrected chi connectivity index (χ3v) is 3.52. The van der Waals surface area contributed by atoms with Crippen LogP contribution in [0.25, 0.3) is 0 Å². The lowest BCUT2D eigenvalue weighted by molar-refractivity contribution is -0.143. The first kappa shape index (κ1) is 18.7. The van der Waals surface area contributed by atoms with Crippen molar-refractivity contribution < 1.29 is 27.8 Å². The molecular formula is C18H19F2NO4. The van der Waals surface area contributed by atoms with Crippen LogP contribution in [0.3, 0.4) is 0 Å². The van der Waals surface area contributed by atoms with Crippen LogP contribution in [-0.2, 0) is 16.1 Å². The maximum Gasteiger partial charge on any atom is 0.387 e. The highest BCUT2D eigenvalue weighted by molar-refractivity contribution is 5.77. The van der Waals surface area contributed by atoms with Crippen molar-refractivity contribution >= 4 is 5.97 Å². The minimum Gasteiger partial charge on any atom is -0.493 e. The molecule has 25 heavy (non-hydrogen) atoms. The third-order valence-electron chi connectivity index (χ3n) is 3.52. The Morgan fingerprint density at radius 2 is 1.80 bits per heavy atom. The van der Waals surface area contributed by atoms with Gasteiger partial charge in [-0.3, -0.25) is 5.32 Å². The second-order valence-corrected chi connectivity index (χ2v) is 5.11. The van der Waals surface area contributed by atoms with Gasteiger partial charge in [-0.1, -0.05) is 36.4 Å². The van der Waals surface area contributed by atoms with Crippen LogP contribution in [0.2, 0.25) is 0 Å². The molecule has 2 aromatic rings. The number of rotatable bonds is 8. The Hall–Kier alpha value is -2.67.